The van der Waals surface area contributed by atoms with Crippen LogP contribution in [0, 0.1) is 11.8 Å². The summed E-state index contributed by atoms with van der Waals surface area (Å²) in [4.78, 5) is 12.5. The molecule has 1 aliphatic rings. The fraction of sp³-hybridized carbons (Fsp3) is 0.583. The minimum absolute atomic E-state index is 0.138. The van der Waals surface area contributed by atoms with Gasteiger partial charge in [0.2, 0.25) is 0 Å². The van der Waals surface area contributed by atoms with E-state index in [9.17, 15) is 4.79 Å². The Morgan fingerprint density at radius 3 is 3.00 bits per heavy atom. The highest BCUT2D eigenvalue weighted by Gasteiger charge is 2.33. The second kappa shape index (κ2) is 4.35. The minimum Gasteiger partial charge on any atom is -0.461 e. The summed E-state index contributed by atoms with van der Waals surface area (Å²) in [6, 6.07) is 2.00. The maximum atomic E-state index is 11.7. The number of rotatable bonds is 4. The van der Waals surface area contributed by atoms with Gasteiger partial charge in [-0.2, -0.15) is 0 Å². The second-order valence-electron chi connectivity index (χ2n) is 4.20. The van der Waals surface area contributed by atoms with Crippen LogP contribution in [0.15, 0.2) is 11.4 Å². The summed E-state index contributed by atoms with van der Waals surface area (Å²) in [6.07, 6.45) is 2.10. The van der Waals surface area contributed by atoms with Crippen molar-refractivity contribution in [1.29, 1.82) is 0 Å². The summed E-state index contributed by atoms with van der Waals surface area (Å²) < 4.78 is 5.29. The van der Waals surface area contributed by atoms with Crippen molar-refractivity contribution >= 4 is 17.3 Å². The molecule has 1 heterocycles. The van der Waals surface area contributed by atoms with E-state index in [1.807, 2.05) is 11.4 Å². The lowest BCUT2D eigenvalue weighted by molar-refractivity contribution is 0.0486. The summed E-state index contributed by atoms with van der Waals surface area (Å²) in [5, 5.41) is 1.95. The molecule has 0 saturated heterocycles. The quantitative estimate of drug-likeness (QED) is 0.734. The van der Waals surface area contributed by atoms with Crippen molar-refractivity contribution in [2.45, 2.75) is 26.7 Å². The van der Waals surface area contributed by atoms with Gasteiger partial charge < -0.3 is 4.74 Å². The Morgan fingerprint density at radius 2 is 2.40 bits per heavy atom. The average Bonchev–Trinajstić information content (AvgIpc) is 2.78. The van der Waals surface area contributed by atoms with Crippen molar-refractivity contribution in [2.75, 3.05) is 6.61 Å². The van der Waals surface area contributed by atoms with Crippen molar-refractivity contribution in [3.8, 4) is 0 Å². The number of aryl methyl sites for hydroxylation is 1. The lowest BCUT2D eigenvalue weighted by atomic mass is 10.2. The van der Waals surface area contributed by atoms with E-state index >= 15 is 0 Å². The summed E-state index contributed by atoms with van der Waals surface area (Å²) in [5.41, 5.74) is 1.11. The first kappa shape index (κ1) is 10.7. The number of thiophene rings is 1. The Bertz CT molecular complexity index is 356. The van der Waals surface area contributed by atoms with Gasteiger partial charge in [0.25, 0.3) is 0 Å². The Hall–Kier alpha value is -0.830. The smallest absolute Gasteiger partial charge is 0.348 e. The topological polar surface area (TPSA) is 26.3 Å². The van der Waals surface area contributed by atoms with Gasteiger partial charge in [-0.05, 0) is 41.7 Å². The van der Waals surface area contributed by atoms with Crippen molar-refractivity contribution < 1.29 is 9.53 Å². The van der Waals surface area contributed by atoms with Crippen LogP contribution < -0.4 is 0 Å². The van der Waals surface area contributed by atoms with Crippen LogP contribution in [0.2, 0.25) is 0 Å². The van der Waals surface area contributed by atoms with Crippen LogP contribution in [-0.4, -0.2) is 12.6 Å². The molecule has 0 aromatic carbocycles. The lowest BCUT2D eigenvalue weighted by Gasteiger charge is -2.03. The first-order valence-corrected chi connectivity index (χ1v) is 6.33. The fourth-order valence-corrected chi connectivity index (χ4v) is 2.56. The summed E-state index contributed by atoms with van der Waals surface area (Å²) in [5.74, 6) is 1.21. The number of esters is 1. The molecule has 1 saturated carbocycles. The van der Waals surface area contributed by atoms with Gasteiger partial charge >= 0.3 is 5.97 Å². The molecule has 2 atom stereocenters. The van der Waals surface area contributed by atoms with Gasteiger partial charge in [0.1, 0.15) is 4.88 Å². The molecule has 1 aromatic heterocycles. The Morgan fingerprint density at radius 1 is 1.67 bits per heavy atom. The number of hydrogen-bond acceptors (Lipinski definition) is 3. The maximum absolute atomic E-state index is 11.7. The van der Waals surface area contributed by atoms with Crippen LogP contribution in [-0.2, 0) is 11.2 Å². The molecule has 0 radical (unpaired) electrons. The van der Waals surface area contributed by atoms with Gasteiger partial charge in [-0.15, -0.1) is 11.3 Å². The summed E-state index contributed by atoms with van der Waals surface area (Å²) in [7, 11) is 0. The van der Waals surface area contributed by atoms with E-state index in [2.05, 4.69) is 13.8 Å². The third-order valence-electron chi connectivity index (χ3n) is 3.02. The maximum Gasteiger partial charge on any atom is 0.348 e. The molecule has 1 aromatic rings. The van der Waals surface area contributed by atoms with Crippen LogP contribution in [0.3, 0.4) is 0 Å². The second-order valence-corrected chi connectivity index (χ2v) is 5.12. The van der Waals surface area contributed by atoms with E-state index in [-0.39, 0.29) is 5.97 Å². The van der Waals surface area contributed by atoms with Gasteiger partial charge in [0.15, 0.2) is 0 Å². The van der Waals surface area contributed by atoms with Gasteiger partial charge in [-0.3, -0.25) is 0 Å². The fourth-order valence-electron chi connectivity index (χ4n) is 1.67. The molecular formula is C12H16O2S. The monoisotopic (exact) mass is 224 g/mol. The molecule has 0 N–H and O–H groups in total. The van der Waals surface area contributed by atoms with E-state index in [0.717, 1.165) is 22.8 Å². The molecule has 0 bridgehead atoms. The SMILES string of the molecule is CCc1ccsc1C(=O)OCC1CC1C. The Labute approximate surface area is 94.3 Å². The molecule has 15 heavy (non-hydrogen) atoms. The zero-order chi connectivity index (χ0) is 10.8. The van der Waals surface area contributed by atoms with Gasteiger partial charge in [0, 0.05) is 0 Å². The van der Waals surface area contributed by atoms with E-state index < -0.39 is 0 Å². The third kappa shape index (κ3) is 2.40. The molecule has 2 nitrogen and oxygen atoms in total. The molecule has 2 rings (SSSR count). The van der Waals surface area contributed by atoms with Crippen LogP contribution in [0.5, 0.6) is 0 Å². The zero-order valence-corrected chi connectivity index (χ0v) is 9.97. The van der Waals surface area contributed by atoms with Crippen LogP contribution >= 0.6 is 11.3 Å². The molecule has 1 fully saturated rings. The molecule has 2 unspecified atom stereocenters. The average molecular weight is 224 g/mol. The largest absolute Gasteiger partial charge is 0.461 e. The highest BCUT2D eigenvalue weighted by molar-refractivity contribution is 7.12. The Balaban J connectivity index is 1.90. The number of hydrogen-bond donors (Lipinski definition) is 0. The highest BCUT2D eigenvalue weighted by atomic mass is 32.1. The van der Waals surface area contributed by atoms with Gasteiger partial charge in [-0.1, -0.05) is 13.8 Å². The van der Waals surface area contributed by atoms with Gasteiger partial charge in [-0.25, -0.2) is 4.79 Å². The molecule has 0 amide bonds. The van der Waals surface area contributed by atoms with Crippen molar-refractivity contribution in [2.24, 2.45) is 11.8 Å². The minimum atomic E-state index is -0.138. The van der Waals surface area contributed by atoms with Crippen molar-refractivity contribution in [1.82, 2.24) is 0 Å². The summed E-state index contributed by atoms with van der Waals surface area (Å²) in [6.45, 7) is 4.85. The molecule has 0 aliphatic heterocycles. The Kier molecular flexibility index (Phi) is 3.10. The third-order valence-corrected chi connectivity index (χ3v) is 3.95. The normalized spacial score (nSPS) is 23.9. The summed E-state index contributed by atoms with van der Waals surface area (Å²) >= 11 is 1.48. The van der Waals surface area contributed by atoms with Crippen molar-refractivity contribution in [3.05, 3.63) is 21.9 Å². The predicted octanol–water partition coefficient (Wildman–Crippen LogP) is 3.12. The molecule has 1 aliphatic carbocycles. The van der Waals surface area contributed by atoms with E-state index in [1.165, 1.54) is 17.8 Å². The highest BCUT2D eigenvalue weighted by Crippen LogP contribution is 2.37. The molecule has 82 valence electrons. The lowest BCUT2D eigenvalue weighted by Crippen LogP contribution is -2.08. The molecule has 3 heteroatoms. The van der Waals surface area contributed by atoms with Crippen LogP contribution in [0.1, 0.15) is 35.5 Å². The number of ether oxygens (including phenoxy) is 1. The van der Waals surface area contributed by atoms with Crippen LogP contribution in [0.4, 0.5) is 0 Å². The van der Waals surface area contributed by atoms with Gasteiger partial charge in [0.05, 0.1) is 6.61 Å². The standard InChI is InChI=1S/C12H16O2S/c1-3-9-4-5-15-11(9)12(13)14-7-10-6-8(10)2/h4-5,8,10H,3,6-7H2,1-2H3. The first-order valence-electron chi connectivity index (χ1n) is 5.45. The predicted molar refractivity (Wildman–Crippen MR) is 61.3 cm³/mol. The van der Waals surface area contributed by atoms with E-state index in [4.69, 9.17) is 4.74 Å². The molecular weight excluding hydrogens is 208 g/mol. The number of carbonyl (C=O) groups is 1. The van der Waals surface area contributed by atoms with E-state index in [1.54, 1.807) is 0 Å². The van der Waals surface area contributed by atoms with Crippen LogP contribution in [0.25, 0.3) is 0 Å². The van der Waals surface area contributed by atoms with E-state index in [0.29, 0.717) is 12.5 Å². The molecule has 0 spiro atoms. The first-order chi connectivity index (χ1) is 7.22. The zero-order valence-electron chi connectivity index (χ0n) is 9.16. The number of carbonyl (C=O) groups excluding carboxylic acids is 1. The van der Waals surface area contributed by atoms with Crippen molar-refractivity contribution in [3.63, 3.8) is 0 Å².